The first kappa shape index (κ1) is 18.0. The fraction of sp³-hybridized carbons (Fsp3) is 0.333. The Morgan fingerprint density at radius 2 is 1.69 bits per heavy atom. The first-order chi connectivity index (χ1) is 12.7. The second kappa shape index (κ2) is 8.04. The Balaban J connectivity index is 1.77. The number of carbonyl (C=O) groups excluding carboxylic acids is 1. The summed E-state index contributed by atoms with van der Waals surface area (Å²) in [4.78, 5) is 15.6. The van der Waals surface area contributed by atoms with E-state index in [0.29, 0.717) is 6.42 Å². The molecule has 0 heterocycles. The lowest BCUT2D eigenvalue weighted by Crippen LogP contribution is -2.29. The van der Waals surface area contributed by atoms with Gasteiger partial charge < -0.3 is 14.6 Å². The van der Waals surface area contributed by atoms with E-state index in [0.717, 1.165) is 17.5 Å². The van der Waals surface area contributed by atoms with Crippen LogP contribution in [0.1, 0.15) is 36.8 Å². The summed E-state index contributed by atoms with van der Waals surface area (Å²) < 4.78 is 10.1. The molecule has 5 heteroatoms. The van der Waals surface area contributed by atoms with Gasteiger partial charge in [0.05, 0.1) is 7.11 Å². The van der Waals surface area contributed by atoms with E-state index < -0.39 is 18.1 Å². The Morgan fingerprint density at radius 1 is 1.12 bits per heavy atom. The van der Waals surface area contributed by atoms with Gasteiger partial charge in [0.25, 0.3) is 0 Å². The van der Waals surface area contributed by atoms with E-state index >= 15 is 0 Å². The number of fused-ring (bicyclic) bond motifs is 3. The van der Waals surface area contributed by atoms with Gasteiger partial charge in [-0.2, -0.15) is 0 Å². The molecule has 1 aliphatic carbocycles. The van der Waals surface area contributed by atoms with Crippen LogP contribution < -0.4 is 5.11 Å². The molecule has 0 amide bonds. The molecule has 1 atom stereocenters. The number of aliphatic imine (C=N–C) groups is 1. The van der Waals surface area contributed by atoms with Crippen molar-refractivity contribution < 1.29 is 19.4 Å². The average molecular weight is 352 g/mol. The smallest absolute Gasteiger partial charge is 0.330 e. The highest BCUT2D eigenvalue weighted by Crippen LogP contribution is 2.44. The van der Waals surface area contributed by atoms with E-state index in [1.165, 1.54) is 18.2 Å². The number of ether oxygens (including phenoxy) is 2. The molecule has 0 aliphatic heterocycles. The van der Waals surface area contributed by atoms with Crippen molar-refractivity contribution in [1.29, 1.82) is 0 Å². The normalized spacial score (nSPS) is 14.5. The largest absolute Gasteiger partial charge is 0.599 e. The monoisotopic (exact) mass is 352 g/mol. The third kappa shape index (κ3) is 3.57. The number of carbonyl (C=O) groups is 1. The molecule has 0 spiro atoms. The summed E-state index contributed by atoms with van der Waals surface area (Å²) >= 11 is 0. The van der Waals surface area contributed by atoms with Gasteiger partial charge in [-0.05, 0) is 28.7 Å². The highest BCUT2D eigenvalue weighted by molar-refractivity contribution is 5.80. The molecule has 0 radical (unpaired) electrons. The van der Waals surface area contributed by atoms with E-state index in [1.54, 1.807) is 0 Å². The Hall–Kier alpha value is -2.82. The predicted molar refractivity (Wildman–Crippen MR) is 97.8 cm³/mol. The van der Waals surface area contributed by atoms with Crippen molar-refractivity contribution in [1.82, 2.24) is 0 Å². The van der Waals surface area contributed by atoms with Gasteiger partial charge in [-0.1, -0.05) is 61.9 Å². The van der Waals surface area contributed by atoms with Gasteiger partial charge in [0.15, 0.2) is 0 Å². The molecule has 26 heavy (non-hydrogen) atoms. The minimum absolute atomic E-state index is 0.0238. The first-order valence-corrected chi connectivity index (χ1v) is 8.79. The van der Waals surface area contributed by atoms with E-state index in [1.807, 2.05) is 31.2 Å². The molecular formula is C21H22NO4-. The van der Waals surface area contributed by atoms with Crippen molar-refractivity contribution >= 4 is 12.1 Å². The number of esters is 1. The van der Waals surface area contributed by atoms with Crippen LogP contribution in [-0.2, 0) is 14.3 Å². The van der Waals surface area contributed by atoms with Crippen molar-refractivity contribution in [2.45, 2.75) is 31.7 Å². The van der Waals surface area contributed by atoms with Gasteiger partial charge in [-0.3, -0.25) is 4.99 Å². The Morgan fingerprint density at radius 3 is 2.23 bits per heavy atom. The summed E-state index contributed by atoms with van der Waals surface area (Å²) in [5.74, 6) is -0.537. The van der Waals surface area contributed by atoms with E-state index in [9.17, 15) is 9.90 Å². The van der Waals surface area contributed by atoms with Crippen LogP contribution in [0.4, 0.5) is 0 Å². The van der Waals surface area contributed by atoms with Gasteiger partial charge in [-0.25, -0.2) is 4.79 Å². The average Bonchev–Trinajstić information content (AvgIpc) is 2.99. The summed E-state index contributed by atoms with van der Waals surface area (Å²) in [5.41, 5.74) is 4.61. The van der Waals surface area contributed by atoms with Gasteiger partial charge in [0, 0.05) is 12.5 Å². The van der Waals surface area contributed by atoms with E-state index in [2.05, 4.69) is 29.3 Å². The molecule has 136 valence electrons. The number of rotatable bonds is 6. The van der Waals surface area contributed by atoms with E-state index in [4.69, 9.17) is 9.47 Å². The summed E-state index contributed by atoms with van der Waals surface area (Å²) in [6, 6.07) is 15.4. The lowest BCUT2D eigenvalue weighted by Gasteiger charge is -2.22. The molecule has 2 aromatic rings. The standard InChI is InChI=1S/C21H23NO4/c1-3-8-19(20(23)25-2)22-21(24)26-13-18-16-11-6-4-9-14(16)15-10-5-7-12-17(15)18/h4-7,9-12,18-19H,3,8,13H2,1-2H3,(H,22,24)/p-1/t19-/m1/s1. The highest BCUT2D eigenvalue weighted by atomic mass is 16.6. The van der Waals surface area contributed by atoms with E-state index in [-0.39, 0.29) is 12.5 Å². The summed E-state index contributed by atoms with van der Waals surface area (Å²) in [7, 11) is 1.29. The van der Waals surface area contributed by atoms with Gasteiger partial charge in [-0.15, -0.1) is 0 Å². The van der Waals surface area contributed by atoms with Crippen LogP contribution in [0.15, 0.2) is 53.5 Å². The number of benzene rings is 2. The lowest BCUT2D eigenvalue weighted by molar-refractivity contribution is -0.251. The second-order valence-corrected chi connectivity index (χ2v) is 6.26. The number of hydrogen-bond donors (Lipinski definition) is 0. The molecule has 0 unspecified atom stereocenters. The third-order valence-corrected chi connectivity index (χ3v) is 4.63. The summed E-state index contributed by atoms with van der Waals surface area (Å²) in [6.45, 7) is 2.11. The molecular weight excluding hydrogens is 330 g/mol. The van der Waals surface area contributed by atoms with Crippen molar-refractivity contribution in [3.05, 3.63) is 59.7 Å². The molecule has 2 aromatic carbocycles. The third-order valence-electron chi connectivity index (χ3n) is 4.63. The topological polar surface area (TPSA) is 71.0 Å². The fourth-order valence-corrected chi connectivity index (χ4v) is 3.40. The van der Waals surface area contributed by atoms with Crippen LogP contribution in [0.2, 0.25) is 0 Å². The molecule has 0 bridgehead atoms. The predicted octanol–water partition coefficient (Wildman–Crippen LogP) is 2.87. The summed E-state index contributed by atoms with van der Waals surface area (Å²) in [5, 5.41) is 12.1. The molecule has 3 rings (SSSR count). The first-order valence-electron chi connectivity index (χ1n) is 8.79. The highest BCUT2D eigenvalue weighted by Gasteiger charge is 2.27. The number of hydrogen-bond acceptors (Lipinski definition) is 5. The minimum Gasteiger partial charge on any atom is -0.599 e. The Bertz CT molecular complexity index is 770. The van der Waals surface area contributed by atoms with Crippen LogP contribution in [0.3, 0.4) is 0 Å². The zero-order chi connectivity index (χ0) is 18.5. The molecule has 0 saturated heterocycles. The molecule has 0 saturated carbocycles. The fourth-order valence-electron chi connectivity index (χ4n) is 3.40. The quantitative estimate of drug-likeness (QED) is 0.455. The molecule has 0 fully saturated rings. The van der Waals surface area contributed by atoms with Gasteiger partial charge in [0.1, 0.15) is 12.1 Å². The molecule has 1 aliphatic rings. The van der Waals surface area contributed by atoms with Crippen molar-refractivity contribution in [2.24, 2.45) is 4.99 Å². The zero-order valence-electron chi connectivity index (χ0n) is 15.0. The number of nitrogens with zero attached hydrogens (tertiary/aromatic N) is 1. The second-order valence-electron chi connectivity index (χ2n) is 6.26. The number of methoxy groups -OCH3 is 1. The van der Waals surface area contributed by atoms with Crippen LogP contribution in [0.5, 0.6) is 0 Å². The van der Waals surface area contributed by atoms with Crippen LogP contribution in [0.25, 0.3) is 11.1 Å². The van der Waals surface area contributed by atoms with Crippen molar-refractivity contribution in [2.75, 3.05) is 13.7 Å². The molecule has 0 N–H and O–H groups in total. The molecule has 5 nitrogen and oxygen atoms in total. The SMILES string of the molecule is CCC[C@@H](N=C([O-])OCC1c2ccccc2-c2ccccc21)C(=O)OC. The van der Waals surface area contributed by atoms with Crippen molar-refractivity contribution in [3.8, 4) is 11.1 Å². The Labute approximate surface area is 153 Å². The maximum absolute atomic E-state index is 12.1. The van der Waals surface area contributed by atoms with Gasteiger partial charge >= 0.3 is 5.97 Å². The van der Waals surface area contributed by atoms with Crippen LogP contribution in [-0.4, -0.2) is 31.8 Å². The molecule has 0 aromatic heterocycles. The summed E-state index contributed by atoms with van der Waals surface area (Å²) in [6.07, 6.45) is 0.451. The maximum atomic E-state index is 12.1. The zero-order valence-corrected chi connectivity index (χ0v) is 15.0. The Kier molecular flexibility index (Phi) is 5.56. The van der Waals surface area contributed by atoms with Crippen LogP contribution in [0, 0.1) is 0 Å². The van der Waals surface area contributed by atoms with Gasteiger partial charge in [0.2, 0.25) is 0 Å². The van der Waals surface area contributed by atoms with Crippen LogP contribution >= 0.6 is 0 Å². The maximum Gasteiger partial charge on any atom is 0.330 e. The van der Waals surface area contributed by atoms with Crippen molar-refractivity contribution in [3.63, 3.8) is 0 Å². The lowest BCUT2D eigenvalue weighted by atomic mass is 9.98. The minimum atomic E-state index is -0.805.